The molecule has 0 bridgehead atoms. The van der Waals surface area contributed by atoms with Crippen LogP contribution in [0.3, 0.4) is 0 Å². The van der Waals surface area contributed by atoms with Crippen LogP contribution in [0, 0.1) is 5.92 Å². The molecule has 1 heterocycles. The van der Waals surface area contributed by atoms with Crippen LogP contribution in [0.15, 0.2) is 36.4 Å². The third-order valence-electron chi connectivity index (χ3n) is 3.46. The lowest BCUT2D eigenvalue weighted by Gasteiger charge is -2.13. The van der Waals surface area contributed by atoms with Crippen LogP contribution in [0.5, 0.6) is 11.8 Å². The number of hydrogen-bond donors (Lipinski definition) is 2. The second kappa shape index (κ2) is 6.56. The summed E-state index contributed by atoms with van der Waals surface area (Å²) in [4.78, 5) is 17.1. The minimum absolute atomic E-state index is 0.328. The Hall–Kier alpha value is -2.43. The fraction of sp³-hybridized carbons (Fsp3) is 0.353. The smallest absolute Gasteiger partial charge is 0.340 e. The molecule has 0 saturated heterocycles. The second-order valence-electron chi connectivity index (χ2n) is 5.82. The largest absolute Gasteiger partial charge is 0.492 e. The van der Waals surface area contributed by atoms with Gasteiger partial charge in [-0.15, -0.1) is 4.73 Å². The van der Waals surface area contributed by atoms with E-state index in [0.29, 0.717) is 10.6 Å². The Morgan fingerprint density at radius 1 is 1.05 bits per heavy atom. The van der Waals surface area contributed by atoms with Crippen LogP contribution in [0.25, 0.3) is 0 Å². The maximum atomic E-state index is 12.1. The van der Waals surface area contributed by atoms with Gasteiger partial charge in [0.25, 0.3) is 0 Å². The van der Waals surface area contributed by atoms with Gasteiger partial charge in [-0.2, -0.15) is 0 Å². The molecule has 0 radical (unpaired) electrons. The van der Waals surface area contributed by atoms with E-state index in [4.69, 9.17) is 4.84 Å². The molecule has 2 aromatic rings. The molecule has 2 rings (SSSR count). The van der Waals surface area contributed by atoms with Crippen molar-refractivity contribution in [2.45, 2.75) is 33.1 Å². The maximum Gasteiger partial charge on any atom is 0.340 e. The zero-order chi connectivity index (χ0) is 16.3. The topological polar surface area (TPSA) is 71.7 Å². The molecule has 0 spiro atoms. The minimum Gasteiger partial charge on any atom is -0.492 e. The van der Waals surface area contributed by atoms with E-state index in [0.717, 1.165) is 12.0 Å². The van der Waals surface area contributed by atoms with Gasteiger partial charge in [-0.25, -0.2) is 4.79 Å². The van der Waals surface area contributed by atoms with Gasteiger partial charge in [0.05, 0.1) is 5.92 Å². The van der Waals surface area contributed by atoms with Gasteiger partial charge in [0, 0.05) is 12.1 Å². The fourth-order valence-electron chi connectivity index (χ4n) is 2.21. The molecular formula is C17H21NO4. The molecule has 0 aliphatic carbocycles. The summed E-state index contributed by atoms with van der Waals surface area (Å²) in [6.45, 7) is 6.03. The average molecular weight is 303 g/mol. The molecule has 1 aromatic carbocycles. The summed E-state index contributed by atoms with van der Waals surface area (Å²) in [5, 5.41) is 19.0. The summed E-state index contributed by atoms with van der Waals surface area (Å²) in [5.41, 5.74) is 2.05. The van der Waals surface area contributed by atoms with Crippen LogP contribution < -0.4 is 4.84 Å². The molecule has 0 amide bonds. The highest BCUT2D eigenvalue weighted by Crippen LogP contribution is 2.22. The molecule has 1 atom stereocenters. The summed E-state index contributed by atoms with van der Waals surface area (Å²) >= 11 is 0. The predicted molar refractivity (Wildman–Crippen MR) is 82.7 cm³/mol. The molecule has 5 nitrogen and oxygen atoms in total. The lowest BCUT2D eigenvalue weighted by atomic mass is 9.97. The number of nitrogens with zero attached hydrogens (tertiary/aromatic N) is 1. The maximum absolute atomic E-state index is 12.1. The van der Waals surface area contributed by atoms with Gasteiger partial charge in [-0.3, -0.25) is 0 Å². The lowest BCUT2D eigenvalue weighted by molar-refractivity contribution is -0.146. The van der Waals surface area contributed by atoms with E-state index in [1.807, 2.05) is 24.3 Å². The number of aromatic hydroxyl groups is 2. The van der Waals surface area contributed by atoms with Crippen molar-refractivity contribution < 1.29 is 19.8 Å². The third-order valence-corrected chi connectivity index (χ3v) is 3.46. The zero-order valence-corrected chi connectivity index (χ0v) is 13.0. The van der Waals surface area contributed by atoms with Crippen LogP contribution in [0.1, 0.15) is 37.8 Å². The van der Waals surface area contributed by atoms with Gasteiger partial charge < -0.3 is 15.1 Å². The van der Waals surface area contributed by atoms with Crippen LogP contribution in [-0.2, 0) is 11.2 Å². The highest BCUT2D eigenvalue weighted by molar-refractivity contribution is 5.78. The van der Waals surface area contributed by atoms with Crippen molar-refractivity contribution in [1.29, 1.82) is 0 Å². The van der Waals surface area contributed by atoms with E-state index >= 15 is 0 Å². The van der Waals surface area contributed by atoms with E-state index in [-0.39, 0.29) is 11.8 Å². The highest BCUT2D eigenvalue weighted by Gasteiger charge is 2.20. The molecule has 5 heteroatoms. The number of benzene rings is 1. The second-order valence-corrected chi connectivity index (χ2v) is 5.82. The normalized spacial score (nSPS) is 12.4. The van der Waals surface area contributed by atoms with Gasteiger partial charge in [0.2, 0.25) is 11.8 Å². The average Bonchev–Trinajstić information content (AvgIpc) is 2.78. The summed E-state index contributed by atoms with van der Waals surface area (Å²) < 4.78 is 0.700. The first-order valence-electron chi connectivity index (χ1n) is 7.29. The number of carbonyl (C=O) groups is 1. The van der Waals surface area contributed by atoms with Crippen LogP contribution in [0.2, 0.25) is 0 Å². The molecule has 0 aliphatic heterocycles. The molecule has 118 valence electrons. The molecular weight excluding hydrogens is 282 g/mol. The first-order valence-corrected chi connectivity index (χ1v) is 7.29. The summed E-state index contributed by atoms with van der Waals surface area (Å²) in [6, 6.07) is 10.3. The van der Waals surface area contributed by atoms with Gasteiger partial charge in [-0.1, -0.05) is 38.1 Å². The van der Waals surface area contributed by atoms with Crippen LogP contribution >= 0.6 is 0 Å². The van der Waals surface area contributed by atoms with Crippen LogP contribution in [-0.4, -0.2) is 20.9 Å². The van der Waals surface area contributed by atoms with Crippen molar-refractivity contribution in [3.05, 3.63) is 47.5 Å². The molecule has 1 unspecified atom stereocenters. The first kappa shape index (κ1) is 15.9. The summed E-state index contributed by atoms with van der Waals surface area (Å²) in [7, 11) is 0. The quantitative estimate of drug-likeness (QED) is 0.891. The Bertz CT molecular complexity index is 624. The van der Waals surface area contributed by atoms with Crippen molar-refractivity contribution in [3.63, 3.8) is 0 Å². The van der Waals surface area contributed by atoms with E-state index < -0.39 is 11.9 Å². The molecule has 22 heavy (non-hydrogen) atoms. The molecule has 1 aromatic heterocycles. The molecule has 2 N–H and O–H groups in total. The Morgan fingerprint density at radius 2 is 1.59 bits per heavy atom. The van der Waals surface area contributed by atoms with E-state index in [1.54, 1.807) is 6.92 Å². The number of rotatable bonds is 5. The van der Waals surface area contributed by atoms with Gasteiger partial charge in [0.15, 0.2) is 0 Å². The lowest BCUT2D eigenvalue weighted by Crippen LogP contribution is -2.23. The van der Waals surface area contributed by atoms with Crippen molar-refractivity contribution >= 4 is 5.97 Å². The highest BCUT2D eigenvalue weighted by atomic mass is 16.7. The summed E-state index contributed by atoms with van der Waals surface area (Å²) in [5.74, 6) is -1.14. The zero-order valence-electron chi connectivity index (χ0n) is 13.0. The first-order chi connectivity index (χ1) is 10.4. The Labute approximate surface area is 129 Å². The van der Waals surface area contributed by atoms with Gasteiger partial charge in [-0.05, 0) is 30.4 Å². The van der Waals surface area contributed by atoms with Crippen molar-refractivity contribution in [3.8, 4) is 11.8 Å². The van der Waals surface area contributed by atoms with E-state index in [9.17, 15) is 15.0 Å². The minimum atomic E-state index is -0.557. The molecule has 0 saturated carbocycles. The standard InChI is InChI=1S/C17H21NO4/c1-11(2)10-13-4-6-14(7-5-13)12(3)17(21)22-18-15(19)8-9-16(18)20/h4-9,11-12,19-20H,10H2,1-3H3. The van der Waals surface area contributed by atoms with Crippen LogP contribution in [0.4, 0.5) is 0 Å². The molecule has 0 fully saturated rings. The fourth-order valence-corrected chi connectivity index (χ4v) is 2.21. The van der Waals surface area contributed by atoms with Crippen molar-refractivity contribution in [2.24, 2.45) is 5.92 Å². The van der Waals surface area contributed by atoms with E-state index in [2.05, 4.69) is 13.8 Å². The molecule has 0 aliphatic rings. The van der Waals surface area contributed by atoms with E-state index in [1.165, 1.54) is 17.7 Å². The van der Waals surface area contributed by atoms with Crippen molar-refractivity contribution in [2.75, 3.05) is 0 Å². The Kier molecular flexibility index (Phi) is 4.75. The Balaban J connectivity index is 2.07. The third kappa shape index (κ3) is 3.61. The van der Waals surface area contributed by atoms with Gasteiger partial charge >= 0.3 is 5.97 Å². The monoisotopic (exact) mass is 303 g/mol. The van der Waals surface area contributed by atoms with Gasteiger partial charge in [0.1, 0.15) is 0 Å². The predicted octanol–water partition coefficient (Wildman–Crippen LogP) is 2.86. The number of hydrogen-bond acceptors (Lipinski definition) is 4. The number of carbonyl (C=O) groups excluding carboxylic acids is 1. The number of aromatic nitrogens is 1. The Morgan fingerprint density at radius 3 is 2.09 bits per heavy atom. The SMILES string of the molecule is CC(C)Cc1ccc(C(C)C(=O)On2c(O)ccc2O)cc1. The summed E-state index contributed by atoms with van der Waals surface area (Å²) in [6.07, 6.45) is 0.990. The van der Waals surface area contributed by atoms with Crippen molar-refractivity contribution in [1.82, 2.24) is 4.73 Å².